The fourth-order valence-corrected chi connectivity index (χ4v) is 4.69. The SMILES string of the molecule is CCCCn1c(N)c(N(Cc2ccccc2)C(=O)Cc2csc(N3CCNC3=O)n2)c(=O)[nH]c1=O. The number of aromatic nitrogens is 3. The van der Waals surface area contributed by atoms with Crippen LogP contribution in [0.3, 0.4) is 0 Å². The first-order valence-corrected chi connectivity index (χ1v) is 12.2. The van der Waals surface area contributed by atoms with Crippen molar-refractivity contribution in [2.75, 3.05) is 28.6 Å². The number of carbonyl (C=O) groups excluding carboxylic acids is 2. The van der Waals surface area contributed by atoms with E-state index < -0.39 is 17.2 Å². The Morgan fingerprint density at radius 2 is 2.00 bits per heavy atom. The monoisotopic (exact) mass is 497 g/mol. The Morgan fingerprint density at radius 1 is 1.23 bits per heavy atom. The Kier molecular flexibility index (Phi) is 7.30. The van der Waals surface area contributed by atoms with Crippen molar-refractivity contribution < 1.29 is 9.59 Å². The van der Waals surface area contributed by atoms with E-state index in [0.29, 0.717) is 36.9 Å². The van der Waals surface area contributed by atoms with E-state index in [1.807, 2.05) is 37.3 Å². The van der Waals surface area contributed by atoms with E-state index in [1.165, 1.54) is 25.7 Å². The molecule has 4 rings (SSSR count). The van der Waals surface area contributed by atoms with Crippen molar-refractivity contribution in [3.05, 3.63) is 67.8 Å². The van der Waals surface area contributed by atoms with Gasteiger partial charge in [0.1, 0.15) is 5.82 Å². The van der Waals surface area contributed by atoms with Crippen molar-refractivity contribution in [1.82, 2.24) is 19.9 Å². The van der Waals surface area contributed by atoms with Gasteiger partial charge in [0.25, 0.3) is 5.56 Å². The summed E-state index contributed by atoms with van der Waals surface area (Å²) in [6.07, 6.45) is 1.41. The van der Waals surface area contributed by atoms with Crippen LogP contribution >= 0.6 is 11.3 Å². The summed E-state index contributed by atoms with van der Waals surface area (Å²) in [7, 11) is 0. The van der Waals surface area contributed by atoms with Crippen LogP contribution in [0.1, 0.15) is 31.0 Å². The van der Waals surface area contributed by atoms with E-state index in [-0.39, 0.29) is 30.5 Å². The van der Waals surface area contributed by atoms with Crippen LogP contribution in [0.4, 0.5) is 21.4 Å². The first-order valence-electron chi connectivity index (χ1n) is 11.4. The number of carbonyl (C=O) groups is 2. The molecule has 2 aromatic heterocycles. The summed E-state index contributed by atoms with van der Waals surface area (Å²) >= 11 is 1.27. The molecule has 0 atom stereocenters. The van der Waals surface area contributed by atoms with E-state index in [1.54, 1.807) is 5.38 Å². The van der Waals surface area contributed by atoms with Gasteiger partial charge in [-0.2, -0.15) is 0 Å². The van der Waals surface area contributed by atoms with Gasteiger partial charge in [-0.3, -0.25) is 28.9 Å². The molecule has 3 heterocycles. The average Bonchev–Trinajstić information content (AvgIpc) is 3.47. The van der Waals surface area contributed by atoms with Gasteiger partial charge < -0.3 is 11.1 Å². The normalized spacial score (nSPS) is 13.2. The van der Waals surface area contributed by atoms with Crippen LogP contribution in [-0.2, 0) is 24.3 Å². The van der Waals surface area contributed by atoms with Crippen LogP contribution in [-0.4, -0.2) is 39.6 Å². The molecule has 1 fully saturated rings. The van der Waals surface area contributed by atoms with Crippen LogP contribution in [0.25, 0.3) is 0 Å². The van der Waals surface area contributed by atoms with Crippen molar-refractivity contribution in [2.24, 2.45) is 0 Å². The molecule has 1 aromatic carbocycles. The Bertz CT molecular complexity index is 1330. The molecule has 0 spiro atoms. The van der Waals surface area contributed by atoms with Gasteiger partial charge in [0.2, 0.25) is 5.91 Å². The summed E-state index contributed by atoms with van der Waals surface area (Å²) in [5.41, 5.74) is 6.17. The number of benzene rings is 1. The van der Waals surface area contributed by atoms with Gasteiger partial charge in [-0.05, 0) is 12.0 Å². The number of nitrogens with one attached hydrogen (secondary N) is 2. The fraction of sp³-hybridized carbons (Fsp3) is 0.348. The number of anilines is 3. The van der Waals surface area contributed by atoms with Gasteiger partial charge in [-0.1, -0.05) is 43.7 Å². The Morgan fingerprint density at radius 3 is 2.69 bits per heavy atom. The molecule has 35 heavy (non-hydrogen) atoms. The van der Waals surface area contributed by atoms with Crippen molar-refractivity contribution >= 4 is 39.9 Å². The number of nitrogens with two attached hydrogens (primary N) is 1. The highest BCUT2D eigenvalue weighted by molar-refractivity contribution is 7.14. The lowest BCUT2D eigenvalue weighted by molar-refractivity contribution is -0.118. The fourth-order valence-electron chi connectivity index (χ4n) is 3.84. The molecular weight excluding hydrogens is 470 g/mol. The summed E-state index contributed by atoms with van der Waals surface area (Å²) in [4.78, 5) is 60.3. The molecule has 1 aliphatic heterocycles. The first kappa shape index (κ1) is 24.2. The first-order chi connectivity index (χ1) is 16.9. The van der Waals surface area contributed by atoms with E-state index in [4.69, 9.17) is 5.73 Å². The molecule has 0 bridgehead atoms. The maximum Gasteiger partial charge on any atom is 0.330 e. The summed E-state index contributed by atoms with van der Waals surface area (Å²) in [5.74, 6) is -0.460. The summed E-state index contributed by atoms with van der Waals surface area (Å²) in [6.45, 7) is 3.43. The second kappa shape index (κ2) is 10.6. The van der Waals surface area contributed by atoms with Crippen LogP contribution in [0.2, 0.25) is 0 Å². The maximum atomic E-state index is 13.5. The molecule has 0 unspecified atom stereocenters. The lowest BCUT2D eigenvalue weighted by Gasteiger charge is -2.24. The number of H-pyrrole nitrogens is 1. The minimum absolute atomic E-state index is 0.0517. The van der Waals surface area contributed by atoms with E-state index in [9.17, 15) is 19.2 Å². The molecule has 184 valence electrons. The molecule has 1 saturated heterocycles. The van der Waals surface area contributed by atoms with Crippen LogP contribution in [0.5, 0.6) is 0 Å². The maximum absolute atomic E-state index is 13.5. The Balaban J connectivity index is 1.68. The van der Waals surface area contributed by atoms with Gasteiger partial charge in [-0.25, -0.2) is 14.6 Å². The van der Waals surface area contributed by atoms with E-state index in [2.05, 4.69) is 15.3 Å². The van der Waals surface area contributed by atoms with Gasteiger partial charge in [0, 0.05) is 25.0 Å². The zero-order valence-electron chi connectivity index (χ0n) is 19.3. The van der Waals surface area contributed by atoms with Crippen LogP contribution < -0.4 is 32.1 Å². The van der Waals surface area contributed by atoms with Crippen molar-refractivity contribution in [1.29, 1.82) is 0 Å². The van der Waals surface area contributed by atoms with Gasteiger partial charge >= 0.3 is 11.7 Å². The predicted molar refractivity (Wildman–Crippen MR) is 135 cm³/mol. The molecule has 0 aliphatic carbocycles. The predicted octanol–water partition coefficient (Wildman–Crippen LogP) is 1.68. The van der Waals surface area contributed by atoms with Crippen molar-refractivity contribution in [2.45, 2.75) is 39.3 Å². The Hall–Kier alpha value is -3.93. The number of thiazole rings is 1. The van der Waals surface area contributed by atoms with E-state index in [0.717, 1.165) is 12.0 Å². The lowest BCUT2D eigenvalue weighted by Crippen LogP contribution is -2.41. The van der Waals surface area contributed by atoms with Crippen LogP contribution in [0.15, 0.2) is 45.3 Å². The number of nitrogen functional groups attached to an aromatic ring is 1. The lowest BCUT2D eigenvalue weighted by atomic mass is 10.2. The van der Waals surface area contributed by atoms with Gasteiger partial charge in [-0.15, -0.1) is 11.3 Å². The third-order valence-corrected chi connectivity index (χ3v) is 6.58. The topological polar surface area (TPSA) is 146 Å². The standard InChI is InChI=1S/C23H27N7O4S/c1-2-3-10-28-19(24)18(20(32)27-22(28)34)30(13-15-7-5-4-6-8-15)17(31)12-16-14-35-23(26-16)29-11-9-25-21(29)33/h4-8,14H,2-3,9-13,24H2,1H3,(H,25,33)(H,27,32,34). The second-order valence-electron chi connectivity index (χ2n) is 8.15. The molecule has 0 saturated carbocycles. The summed E-state index contributed by atoms with van der Waals surface area (Å²) < 4.78 is 1.29. The third-order valence-electron chi connectivity index (χ3n) is 5.66. The highest BCUT2D eigenvalue weighted by Gasteiger charge is 2.27. The number of amides is 3. The van der Waals surface area contributed by atoms with E-state index >= 15 is 0 Å². The number of aromatic amines is 1. The quantitative estimate of drug-likeness (QED) is 0.410. The van der Waals surface area contributed by atoms with Crippen LogP contribution in [0, 0.1) is 0 Å². The molecule has 0 radical (unpaired) electrons. The van der Waals surface area contributed by atoms with Gasteiger partial charge in [0.05, 0.1) is 18.7 Å². The molecule has 3 amide bonds. The van der Waals surface area contributed by atoms with Crippen molar-refractivity contribution in [3.8, 4) is 0 Å². The second-order valence-corrected chi connectivity index (χ2v) is 8.98. The third kappa shape index (κ3) is 5.27. The molecule has 12 heteroatoms. The minimum Gasteiger partial charge on any atom is -0.383 e. The largest absolute Gasteiger partial charge is 0.383 e. The van der Waals surface area contributed by atoms with Gasteiger partial charge in [0.15, 0.2) is 10.8 Å². The minimum atomic E-state index is -0.725. The average molecular weight is 498 g/mol. The summed E-state index contributed by atoms with van der Waals surface area (Å²) in [5, 5.41) is 4.94. The highest BCUT2D eigenvalue weighted by atomic mass is 32.1. The van der Waals surface area contributed by atoms with Crippen molar-refractivity contribution in [3.63, 3.8) is 0 Å². The Labute approximate surface area is 205 Å². The number of unbranched alkanes of at least 4 members (excludes halogenated alkanes) is 1. The number of rotatable bonds is 9. The number of hydrogen-bond donors (Lipinski definition) is 3. The number of hydrogen-bond acceptors (Lipinski definition) is 7. The molecule has 4 N–H and O–H groups in total. The zero-order chi connectivity index (χ0) is 24.9. The number of nitrogens with zero attached hydrogens (tertiary/aromatic N) is 4. The molecule has 3 aromatic rings. The smallest absolute Gasteiger partial charge is 0.330 e. The zero-order valence-corrected chi connectivity index (χ0v) is 20.1. The molecule has 1 aliphatic rings. The summed E-state index contributed by atoms with van der Waals surface area (Å²) in [6, 6.07) is 8.97. The number of urea groups is 1. The highest BCUT2D eigenvalue weighted by Crippen LogP contribution is 2.25. The molecule has 11 nitrogen and oxygen atoms in total. The molecular formula is C23H27N7O4S.